The van der Waals surface area contributed by atoms with Gasteiger partial charge in [-0.3, -0.25) is 4.79 Å². The van der Waals surface area contributed by atoms with Crippen LogP contribution in [0.25, 0.3) is 10.2 Å². The molecule has 7 heteroatoms. The van der Waals surface area contributed by atoms with Crippen LogP contribution in [0.15, 0.2) is 12.1 Å². The van der Waals surface area contributed by atoms with Gasteiger partial charge in [0.1, 0.15) is 10.7 Å². The molecule has 0 bridgehead atoms. The summed E-state index contributed by atoms with van der Waals surface area (Å²) < 4.78 is 10.9. The summed E-state index contributed by atoms with van der Waals surface area (Å²) in [6.07, 6.45) is 3.14. The third kappa shape index (κ3) is 3.12. The predicted octanol–water partition coefficient (Wildman–Crippen LogP) is 4.40. The lowest BCUT2D eigenvalue weighted by Crippen LogP contribution is -2.35. The maximum atomic E-state index is 13.5. The van der Waals surface area contributed by atoms with E-state index < -0.39 is 0 Å². The van der Waals surface area contributed by atoms with Crippen molar-refractivity contribution in [2.45, 2.75) is 45.6 Å². The van der Waals surface area contributed by atoms with Gasteiger partial charge in [0.25, 0.3) is 5.91 Å². The SMILES string of the molecule is COc1cc2c(cc1OC)CN(C(=O)c1sc3nc(C4CC4)nc(C)c3c1C)CC2. The van der Waals surface area contributed by atoms with Gasteiger partial charge in [-0.15, -0.1) is 11.3 Å². The minimum atomic E-state index is 0.0725. The first-order chi connectivity index (χ1) is 14.5. The van der Waals surface area contributed by atoms with Crippen molar-refractivity contribution >= 4 is 27.5 Å². The van der Waals surface area contributed by atoms with Gasteiger partial charge >= 0.3 is 0 Å². The summed E-state index contributed by atoms with van der Waals surface area (Å²) in [4.78, 5) is 26.6. The molecular formula is C23H25N3O3S. The topological polar surface area (TPSA) is 64.6 Å². The van der Waals surface area contributed by atoms with Gasteiger partial charge in [0.05, 0.1) is 24.8 Å². The Bertz CT molecular complexity index is 1170. The summed E-state index contributed by atoms with van der Waals surface area (Å²) in [5.74, 6) is 2.94. The molecule has 30 heavy (non-hydrogen) atoms. The molecule has 156 valence electrons. The third-order valence-corrected chi connectivity index (χ3v) is 7.30. The molecule has 1 aromatic carbocycles. The second-order valence-electron chi connectivity index (χ2n) is 8.13. The van der Waals surface area contributed by atoms with Crippen molar-refractivity contribution in [3.63, 3.8) is 0 Å². The number of carbonyl (C=O) groups excluding carboxylic acids is 1. The molecule has 5 rings (SSSR count). The Kier molecular flexibility index (Phi) is 4.65. The van der Waals surface area contributed by atoms with Gasteiger partial charge in [-0.05, 0) is 61.9 Å². The summed E-state index contributed by atoms with van der Waals surface area (Å²) in [5, 5.41) is 1.04. The average molecular weight is 424 g/mol. The molecule has 1 fully saturated rings. The zero-order valence-electron chi connectivity index (χ0n) is 17.7. The monoisotopic (exact) mass is 423 g/mol. The number of rotatable bonds is 4. The molecule has 2 aliphatic rings. The molecule has 0 radical (unpaired) electrons. The quantitative estimate of drug-likeness (QED) is 0.622. The molecule has 0 spiro atoms. The number of methoxy groups -OCH3 is 2. The van der Waals surface area contributed by atoms with Crippen LogP contribution in [0.2, 0.25) is 0 Å². The van der Waals surface area contributed by atoms with Gasteiger partial charge in [-0.1, -0.05) is 0 Å². The average Bonchev–Trinajstić information content (AvgIpc) is 3.55. The number of amides is 1. The summed E-state index contributed by atoms with van der Waals surface area (Å²) in [7, 11) is 3.28. The van der Waals surface area contributed by atoms with Crippen molar-refractivity contribution in [3.05, 3.63) is 45.2 Å². The molecule has 3 aromatic rings. The van der Waals surface area contributed by atoms with Crippen molar-refractivity contribution in [3.8, 4) is 11.5 Å². The fraction of sp³-hybridized carbons (Fsp3) is 0.435. The molecule has 0 N–H and O–H groups in total. The van der Waals surface area contributed by atoms with Crippen LogP contribution in [0.5, 0.6) is 11.5 Å². The Balaban J connectivity index is 1.47. The molecule has 1 aliphatic heterocycles. The van der Waals surface area contributed by atoms with E-state index in [-0.39, 0.29) is 5.91 Å². The first-order valence-corrected chi connectivity index (χ1v) is 11.1. The van der Waals surface area contributed by atoms with Crippen molar-refractivity contribution < 1.29 is 14.3 Å². The Hall–Kier alpha value is -2.67. The lowest BCUT2D eigenvalue weighted by Gasteiger charge is -2.29. The van der Waals surface area contributed by atoms with Crippen LogP contribution in [0.1, 0.15) is 56.6 Å². The second-order valence-corrected chi connectivity index (χ2v) is 9.13. The summed E-state index contributed by atoms with van der Waals surface area (Å²) in [6, 6.07) is 4.02. The van der Waals surface area contributed by atoms with Gasteiger partial charge in [-0.25, -0.2) is 9.97 Å². The number of hydrogen-bond acceptors (Lipinski definition) is 6. The summed E-state index contributed by atoms with van der Waals surface area (Å²) in [5.41, 5.74) is 4.30. The van der Waals surface area contributed by atoms with Gasteiger partial charge in [0, 0.05) is 24.4 Å². The third-order valence-electron chi connectivity index (χ3n) is 6.13. The highest BCUT2D eigenvalue weighted by Crippen LogP contribution is 2.41. The Labute approximate surface area is 179 Å². The molecular weight excluding hydrogens is 398 g/mol. The number of aromatic nitrogens is 2. The highest BCUT2D eigenvalue weighted by molar-refractivity contribution is 7.20. The molecule has 0 atom stereocenters. The standard InChI is InChI=1S/C23H25N3O3S/c1-12-19-13(2)24-21(14-5-6-14)25-22(19)30-20(12)23(27)26-8-7-15-9-17(28-3)18(29-4)10-16(15)11-26/h9-10,14H,5-8,11H2,1-4H3. The maximum absolute atomic E-state index is 13.5. The van der Waals surface area contributed by atoms with E-state index in [9.17, 15) is 4.79 Å². The van der Waals surface area contributed by atoms with E-state index in [1.807, 2.05) is 30.9 Å². The van der Waals surface area contributed by atoms with Crippen LogP contribution < -0.4 is 9.47 Å². The fourth-order valence-electron chi connectivity index (χ4n) is 4.29. The number of aryl methyl sites for hydroxylation is 2. The van der Waals surface area contributed by atoms with Crippen molar-refractivity contribution in [1.82, 2.24) is 14.9 Å². The van der Waals surface area contributed by atoms with Crippen LogP contribution in [-0.2, 0) is 13.0 Å². The zero-order valence-corrected chi connectivity index (χ0v) is 18.6. The number of nitrogens with zero attached hydrogens (tertiary/aromatic N) is 3. The van der Waals surface area contributed by atoms with E-state index in [4.69, 9.17) is 19.4 Å². The van der Waals surface area contributed by atoms with Crippen LogP contribution in [-0.4, -0.2) is 41.5 Å². The first-order valence-electron chi connectivity index (χ1n) is 10.3. The maximum Gasteiger partial charge on any atom is 0.264 e. The zero-order chi connectivity index (χ0) is 21.0. The lowest BCUT2D eigenvalue weighted by atomic mass is 9.98. The highest BCUT2D eigenvalue weighted by atomic mass is 32.1. The van der Waals surface area contributed by atoms with Crippen molar-refractivity contribution in [2.75, 3.05) is 20.8 Å². The summed E-state index contributed by atoms with van der Waals surface area (Å²) >= 11 is 1.51. The molecule has 3 heterocycles. The van der Waals surface area contributed by atoms with E-state index in [2.05, 4.69) is 0 Å². The minimum Gasteiger partial charge on any atom is -0.493 e. The molecule has 6 nitrogen and oxygen atoms in total. The van der Waals surface area contributed by atoms with Gasteiger partial charge in [0.2, 0.25) is 0 Å². The number of benzene rings is 1. The van der Waals surface area contributed by atoms with Gasteiger partial charge in [-0.2, -0.15) is 0 Å². The fourth-order valence-corrected chi connectivity index (χ4v) is 5.50. The van der Waals surface area contributed by atoms with E-state index in [1.54, 1.807) is 14.2 Å². The summed E-state index contributed by atoms with van der Waals surface area (Å²) in [6.45, 7) is 5.30. The number of carbonyl (C=O) groups is 1. The van der Waals surface area contributed by atoms with Crippen LogP contribution in [0, 0.1) is 13.8 Å². The minimum absolute atomic E-state index is 0.0725. The van der Waals surface area contributed by atoms with Crippen LogP contribution in [0.3, 0.4) is 0 Å². The largest absolute Gasteiger partial charge is 0.493 e. The van der Waals surface area contributed by atoms with Crippen molar-refractivity contribution in [1.29, 1.82) is 0 Å². The molecule has 0 unspecified atom stereocenters. The molecule has 0 saturated heterocycles. The number of ether oxygens (including phenoxy) is 2. The van der Waals surface area contributed by atoms with Crippen molar-refractivity contribution in [2.24, 2.45) is 0 Å². The lowest BCUT2D eigenvalue weighted by molar-refractivity contribution is 0.0739. The molecule has 1 aliphatic carbocycles. The smallest absolute Gasteiger partial charge is 0.264 e. The van der Waals surface area contributed by atoms with E-state index in [1.165, 1.54) is 29.7 Å². The van der Waals surface area contributed by atoms with Gasteiger partial charge < -0.3 is 14.4 Å². The Morgan fingerprint density at radius 1 is 1.10 bits per heavy atom. The van der Waals surface area contributed by atoms with Crippen LogP contribution in [0.4, 0.5) is 0 Å². The predicted molar refractivity (Wildman–Crippen MR) is 117 cm³/mol. The Morgan fingerprint density at radius 2 is 1.80 bits per heavy atom. The molecule has 2 aromatic heterocycles. The van der Waals surface area contributed by atoms with E-state index >= 15 is 0 Å². The van der Waals surface area contributed by atoms with E-state index in [0.29, 0.717) is 24.8 Å². The van der Waals surface area contributed by atoms with Gasteiger partial charge in [0.15, 0.2) is 11.5 Å². The number of fused-ring (bicyclic) bond motifs is 2. The number of thiophene rings is 1. The second kappa shape index (κ2) is 7.23. The van der Waals surface area contributed by atoms with E-state index in [0.717, 1.165) is 49.9 Å². The number of hydrogen-bond donors (Lipinski definition) is 0. The normalized spacial score (nSPS) is 15.9. The molecule has 1 saturated carbocycles. The molecule has 1 amide bonds. The highest BCUT2D eigenvalue weighted by Gasteiger charge is 2.30. The van der Waals surface area contributed by atoms with Crippen LogP contribution >= 0.6 is 11.3 Å². The first kappa shape index (κ1) is 19.3. The Morgan fingerprint density at radius 3 is 2.47 bits per heavy atom.